The molecule has 10 heteroatoms. The Bertz CT molecular complexity index is 1510. The molecule has 0 aromatic heterocycles. The molecule has 214 valence electrons. The first kappa shape index (κ1) is 26.8. The van der Waals surface area contributed by atoms with E-state index in [1.165, 1.54) is 19.8 Å². The van der Waals surface area contributed by atoms with Crippen LogP contribution in [-0.4, -0.2) is 75.0 Å². The average Bonchev–Trinajstić information content (AvgIpc) is 3.59. The fourth-order valence-electron chi connectivity index (χ4n) is 5.46. The SMILES string of the molecule is COc1ccc(/C=C2\Oc3c(ccc(O)c3CN3CCN(Cc4ccc5c(c4)OCO5)CC3)C2=O)c(OC)c1OC. The third-order valence-corrected chi connectivity index (χ3v) is 7.63. The van der Waals surface area contributed by atoms with Crippen molar-refractivity contribution in [1.82, 2.24) is 9.80 Å². The molecule has 0 unspecified atom stereocenters. The van der Waals surface area contributed by atoms with Gasteiger partial charge in [-0.05, 0) is 48.0 Å². The molecular formula is C31H32N2O8. The summed E-state index contributed by atoms with van der Waals surface area (Å²) >= 11 is 0. The van der Waals surface area contributed by atoms with Gasteiger partial charge < -0.3 is 33.5 Å². The van der Waals surface area contributed by atoms with Crippen molar-refractivity contribution in [1.29, 1.82) is 0 Å². The summed E-state index contributed by atoms with van der Waals surface area (Å²) in [6.45, 7) is 4.92. The van der Waals surface area contributed by atoms with E-state index < -0.39 is 0 Å². The molecule has 0 saturated carbocycles. The highest BCUT2D eigenvalue weighted by atomic mass is 16.7. The van der Waals surface area contributed by atoms with Crippen molar-refractivity contribution in [2.45, 2.75) is 13.1 Å². The van der Waals surface area contributed by atoms with Gasteiger partial charge in [0.05, 0.1) is 32.5 Å². The number of rotatable bonds is 8. The van der Waals surface area contributed by atoms with E-state index in [0.717, 1.165) is 44.2 Å². The van der Waals surface area contributed by atoms with Crippen LogP contribution in [0.4, 0.5) is 0 Å². The molecule has 10 nitrogen and oxygen atoms in total. The minimum Gasteiger partial charge on any atom is -0.507 e. The monoisotopic (exact) mass is 560 g/mol. The highest BCUT2D eigenvalue weighted by Crippen LogP contribution is 2.43. The number of allylic oxidation sites excluding steroid dienone is 1. The van der Waals surface area contributed by atoms with Crippen molar-refractivity contribution in [3.63, 3.8) is 0 Å². The van der Waals surface area contributed by atoms with E-state index in [0.29, 0.717) is 46.2 Å². The Morgan fingerprint density at radius 2 is 1.59 bits per heavy atom. The van der Waals surface area contributed by atoms with Crippen LogP contribution in [-0.2, 0) is 13.1 Å². The van der Waals surface area contributed by atoms with Crippen LogP contribution < -0.4 is 28.4 Å². The molecule has 3 aliphatic rings. The largest absolute Gasteiger partial charge is 0.507 e. The van der Waals surface area contributed by atoms with Crippen LogP contribution in [0.25, 0.3) is 6.08 Å². The number of hydrogen-bond donors (Lipinski definition) is 1. The fraction of sp³-hybridized carbons (Fsp3) is 0.323. The number of nitrogens with zero attached hydrogens (tertiary/aromatic N) is 2. The van der Waals surface area contributed by atoms with E-state index in [9.17, 15) is 9.90 Å². The van der Waals surface area contributed by atoms with Crippen LogP contribution >= 0.6 is 0 Å². The molecule has 1 N–H and O–H groups in total. The Morgan fingerprint density at radius 3 is 2.32 bits per heavy atom. The van der Waals surface area contributed by atoms with Gasteiger partial charge in [0.15, 0.2) is 28.8 Å². The number of ketones is 1. The smallest absolute Gasteiger partial charge is 0.231 e. The Hall–Kier alpha value is -4.41. The number of aromatic hydroxyl groups is 1. The highest BCUT2D eigenvalue weighted by molar-refractivity contribution is 6.15. The maximum absolute atomic E-state index is 13.3. The van der Waals surface area contributed by atoms with E-state index in [1.807, 2.05) is 12.1 Å². The molecule has 1 fully saturated rings. The lowest BCUT2D eigenvalue weighted by Gasteiger charge is -2.35. The van der Waals surface area contributed by atoms with Gasteiger partial charge in [0.1, 0.15) is 11.5 Å². The molecule has 3 aromatic rings. The lowest BCUT2D eigenvalue weighted by molar-refractivity contribution is 0.101. The lowest BCUT2D eigenvalue weighted by atomic mass is 10.0. The van der Waals surface area contributed by atoms with E-state index >= 15 is 0 Å². The molecule has 3 aromatic carbocycles. The zero-order valence-electron chi connectivity index (χ0n) is 23.3. The summed E-state index contributed by atoms with van der Waals surface area (Å²) in [5.41, 5.74) is 2.80. The number of ether oxygens (including phenoxy) is 6. The van der Waals surface area contributed by atoms with Gasteiger partial charge in [-0.3, -0.25) is 14.6 Å². The summed E-state index contributed by atoms with van der Waals surface area (Å²) < 4.78 is 33.4. The lowest BCUT2D eigenvalue weighted by Crippen LogP contribution is -2.45. The zero-order valence-corrected chi connectivity index (χ0v) is 23.3. The van der Waals surface area contributed by atoms with Gasteiger partial charge in [-0.25, -0.2) is 0 Å². The number of Topliss-reactive ketones (excluding diaryl/α,β-unsaturated/α-hetero) is 1. The summed E-state index contributed by atoms with van der Waals surface area (Å²) in [7, 11) is 4.59. The molecule has 3 heterocycles. The van der Waals surface area contributed by atoms with Gasteiger partial charge >= 0.3 is 0 Å². The van der Waals surface area contributed by atoms with Gasteiger partial charge in [-0.2, -0.15) is 0 Å². The van der Waals surface area contributed by atoms with Gasteiger partial charge in [0.2, 0.25) is 18.3 Å². The molecule has 0 spiro atoms. The first-order chi connectivity index (χ1) is 20.0. The Labute approximate surface area is 238 Å². The molecule has 0 bridgehead atoms. The molecule has 0 atom stereocenters. The average molecular weight is 561 g/mol. The van der Waals surface area contributed by atoms with Gasteiger partial charge in [-0.15, -0.1) is 0 Å². The summed E-state index contributed by atoms with van der Waals surface area (Å²) in [4.78, 5) is 18.0. The number of phenols is 1. The minimum atomic E-state index is -0.258. The van der Waals surface area contributed by atoms with Crippen LogP contribution in [0.3, 0.4) is 0 Å². The van der Waals surface area contributed by atoms with Gasteiger partial charge in [-0.1, -0.05) is 6.07 Å². The highest BCUT2D eigenvalue weighted by Gasteiger charge is 2.33. The van der Waals surface area contributed by atoms with Crippen molar-refractivity contribution in [3.8, 4) is 40.2 Å². The second-order valence-electron chi connectivity index (χ2n) is 10.0. The van der Waals surface area contributed by atoms with Gasteiger partial charge in [0.25, 0.3) is 0 Å². The molecule has 0 aliphatic carbocycles. The number of phenolic OH excluding ortho intramolecular Hbond substituents is 1. The Morgan fingerprint density at radius 1 is 0.854 bits per heavy atom. The van der Waals surface area contributed by atoms with E-state index in [-0.39, 0.29) is 24.1 Å². The van der Waals surface area contributed by atoms with Crippen molar-refractivity contribution < 1.29 is 38.3 Å². The number of methoxy groups -OCH3 is 3. The standard InChI is InChI=1S/C31H32N2O8/c1-36-25-9-5-20(29(37-2)31(25)38-3)15-27-28(35)21-6-7-23(34)22(30(21)41-27)17-33-12-10-32(11-13-33)16-19-4-8-24-26(14-19)40-18-39-24/h4-9,14-15,34H,10-13,16-18H2,1-3H3/b27-15-. The number of carbonyl (C=O) groups excluding carboxylic acids is 1. The summed E-state index contributed by atoms with van der Waals surface area (Å²) in [6.07, 6.45) is 1.62. The Kier molecular flexibility index (Phi) is 7.34. The van der Waals surface area contributed by atoms with E-state index in [2.05, 4.69) is 15.9 Å². The second kappa shape index (κ2) is 11.2. The summed E-state index contributed by atoms with van der Waals surface area (Å²) in [5.74, 6) is 3.32. The number of benzene rings is 3. The van der Waals surface area contributed by atoms with Crippen LogP contribution in [0.2, 0.25) is 0 Å². The fourth-order valence-corrected chi connectivity index (χ4v) is 5.46. The predicted molar refractivity (Wildman–Crippen MR) is 150 cm³/mol. The van der Waals surface area contributed by atoms with Crippen molar-refractivity contribution >= 4 is 11.9 Å². The van der Waals surface area contributed by atoms with Crippen LogP contribution in [0, 0.1) is 0 Å². The maximum Gasteiger partial charge on any atom is 0.231 e. The first-order valence-electron chi connectivity index (χ1n) is 13.4. The van der Waals surface area contributed by atoms with E-state index in [4.69, 9.17) is 28.4 Å². The van der Waals surface area contributed by atoms with E-state index in [1.54, 1.807) is 37.5 Å². The number of carbonyl (C=O) groups is 1. The van der Waals surface area contributed by atoms with Crippen LogP contribution in [0.15, 0.2) is 48.2 Å². The summed E-state index contributed by atoms with van der Waals surface area (Å²) in [6, 6.07) is 12.7. The second-order valence-corrected chi connectivity index (χ2v) is 10.0. The first-order valence-corrected chi connectivity index (χ1v) is 13.4. The predicted octanol–water partition coefficient (Wildman–Crippen LogP) is 4.08. The minimum absolute atomic E-state index is 0.101. The topological polar surface area (TPSA) is 99.2 Å². The molecule has 3 aliphatic heterocycles. The molecular weight excluding hydrogens is 528 g/mol. The molecule has 0 radical (unpaired) electrons. The van der Waals surface area contributed by atoms with Crippen molar-refractivity contribution in [2.75, 3.05) is 54.3 Å². The molecule has 41 heavy (non-hydrogen) atoms. The number of fused-ring (bicyclic) bond motifs is 2. The van der Waals surface area contributed by atoms with Crippen LogP contribution in [0.5, 0.6) is 40.2 Å². The molecule has 0 amide bonds. The Balaban J connectivity index is 1.16. The third kappa shape index (κ3) is 5.12. The quantitative estimate of drug-likeness (QED) is 0.406. The molecule has 6 rings (SSSR count). The molecule has 1 saturated heterocycles. The zero-order chi connectivity index (χ0) is 28.5. The van der Waals surface area contributed by atoms with Crippen molar-refractivity contribution in [3.05, 3.63) is 70.5 Å². The van der Waals surface area contributed by atoms with Gasteiger partial charge in [0, 0.05) is 44.8 Å². The van der Waals surface area contributed by atoms with Crippen LogP contribution in [0.1, 0.15) is 27.0 Å². The number of piperazine rings is 1. The maximum atomic E-state index is 13.3. The van der Waals surface area contributed by atoms with Crippen molar-refractivity contribution in [2.24, 2.45) is 0 Å². The summed E-state index contributed by atoms with van der Waals surface area (Å²) in [5, 5.41) is 10.8. The normalized spacial score (nSPS) is 17.4. The number of hydrogen-bond acceptors (Lipinski definition) is 10. The third-order valence-electron chi connectivity index (χ3n) is 7.63.